The fraction of sp³-hybridized carbons (Fsp3) is 0.429. The molecule has 0 bridgehead atoms. The Labute approximate surface area is 130 Å². The number of carbonyl (C=O) groups excluding carboxylic acids is 2. The average Bonchev–Trinajstić information content (AvgIpc) is 2.79. The molecule has 1 aliphatic rings. The van der Waals surface area contributed by atoms with E-state index in [0.717, 1.165) is 13.0 Å². The molecule has 1 aromatic rings. The van der Waals surface area contributed by atoms with Crippen LogP contribution in [0.5, 0.6) is 0 Å². The minimum Gasteiger partial charge on any atom is -0.396 e. The Hall–Kier alpha value is -1.63. The van der Waals surface area contributed by atoms with Crippen molar-refractivity contribution in [3.05, 3.63) is 28.0 Å². The first kappa shape index (κ1) is 15.8. The Morgan fingerprint density at radius 2 is 2.29 bits per heavy atom. The van der Waals surface area contributed by atoms with E-state index in [1.165, 1.54) is 12.1 Å². The van der Waals surface area contributed by atoms with Gasteiger partial charge in [-0.1, -0.05) is 0 Å². The van der Waals surface area contributed by atoms with Gasteiger partial charge in [-0.15, -0.1) is 0 Å². The SMILES string of the molecule is CC(CN1CCCC1=O)NC(=O)c1cc(N)c(F)cc1Br. The van der Waals surface area contributed by atoms with Gasteiger partial charge in [-0.05, 0) is 41.4 Å². The summed E-state index contributed by atoms with van der Waals surface area (Å²) in [6.07, 6.45) is 1.43. The van der Waals surface area contributed by atoms with Crippen molar-refractivity contribution in [2.45, 2.75) is 25.8 Å². The van der Waals surface area contributed by atoms with Crippen molar-refractivity contribution < 1.29 is 14.0 Å². The van der Waals surface area contributed by atoms with Gasteiger partial charge in [0, 0.05) is 30.0 Å². The summed E-state index contributed by atoms with van der Waals surface area (Å²) < 4.78 is 13.6. The number of hydrogen-bond acceptors (Lipinski definition) is 3. The molecule has 1 unspecified atom stereocenters. The first-order chi connectivity index (χ1) is 9.88. The van der Waals surface area contributed by atoms with Crippen molar-refractivity contribution in [3.8, 4) is 0 Å². The Kier molecular flexibility index (Phi) is 4.82. The summed E-state index contributed by atoms with van der Waals surface area (Å²) in [6.45, 7) is 3.02. The second kappa shape index (κ2) is 6.43. The molecule has 0 saturated carbocycles. The number of likely N-dealkylation sites (tertiary alicyclic amines) is 1. The van der Waals surface area contributed by atoms with Crippen LogP contribution in [0, 0.1) is 5.82 Å². The predicted octanol–water partition coefficient (Wildman–Crippen LogP) is 1.91. The Bertz CT molecular complexity index is 580. The van der Waals surface area contributed by atoms with Gasteiger partial charge in [0.05, 0.1) is 11.3 Å². The number of nitrogens with zero attached hydrogens (tertiary/aromatic N) is 1. The van der Waals surface area contributed by atoms with Crippen LogP contribution in [0.25, 0.3) is 0 Å². The number of benzene rings is 1. The Balaban J connectivity index is 2.00. The molecule has 1 aromatic carbocycles. The maximum atomic E-state index is 13.3. The highest BCUT2D eigenvalue weighted by atomic mass is 79.9. The third kappa shape index (κ3) is 3.72. The molecule has 3 N–H and O–H groups in total. The van der Waals surface area contributed by atoms with Crippen molar-refractivity contribution in [2.75, 3.05) is 18.8 Å². The van der Waals surface area contributed by atoms with Gasteiger partial charge in [0.15, 0.2) is 0 Å². The van der Waals surface area contributed by atoms with E-state index >= 15 is 0 Å². The van der Waals surface area contributed by atoms with E-state index in [1.54, 1.807) is 4.90 Å². The zero-order chi connectivity index (χ0) is 15.6. The molecule has 1 heterocycles. The van der Waals surface area contributed by atoms with E-state index in [4.69, 9.17) is 5.73 Å². The number of halogens is 2. The third-order valence-electron chi connectivity index (χ3n) is 3.37. The minimum atomic E-state index is -0.575. The molecule has 0 aromatic heterocycles. The van der Waals surface area contributed by atoms with Crippen LogP contribution in [-0.2, 0) is 4.79 Å². The summed E-state index contributed by atoms with van der Waals surface area (Å²) in [6, 6.07) is 2.26. The standard InChI is InChI=1S/C14H17BrFN3O2/c1-8(7-19-4-2-3-13(19)20)18-14(21)9-5-12(17)11(16)6-10(9)15/h5-6,8H,2-4,7,17H2,1H3,(H,18,21). The van der Waals surface area contributed by atoms with E-state index in [0.29, 0.717) is 17.4 Å². The van der Waals surface area contributed by atoms with Crippen molar-refractivity contribution >= 4 is 33.4 Å². The van der Waals surface area contributed by atoms with E-state index in [-0.39, 0.29) is 29.1 Å². The average molecular weight is 358 g/mol. The summed E-state index contributed by atoms with van der Waals surface area (Å²) >= 11 is 3.15. The van der Waals surface area contributed by atoms with Crippen LogP contribution in [0.1, 0.15) is 30.1 Å². The van der Waals surface area contributed by atoms with Crippen LogP contribution in [0.4, 0.5) is 10.1 Å². The maximum absolute atomic E-state index is 13.3. The molecule has 5 nitrogen and oxygen atoms in total. The van der Waals surface area contributed by atoms with Gasteiger partial charge in [0.1, 0.15) is 5.82 Å². The zero-order valence-electron chi connectivity index (χ0n) is 11.7. The van der Waals surface area contributed by atoms with Crippen molar-refractivity contribution in [2.24, 2.45) is 0 Å². The largest absolute Gasteiger partial charge is 0.396 e. The summed E-state index contributed by atoms with van der Waals surface area (Å²) in [4.78, 5) is 25.5. The molecular formula is C14H17BrFN3O2. The highest BCUT2D eigenvalue weighted by Crippen LogP contribution is 2.23. The predicted molar refractivity (Wildman–Crippen MR) is 81.3 cm³/mol. The maximum Gasteiger partial charge on any atom is 0.252 e. The van der Waals surface area contributed by atoms with Crippen molar-refractivity contribution in [1.82, 2.24) is 10.2 Å². The quantitative estimate of drug-likeness (QED) is 0.808. The van der Waals surface area contributed by atoms with Crippen LogP contribution in [-0.4, -0.2) is 35.8 Å². The van der Waals surface area contributed by atoms with E-state index in [1.807, 2.05) is 6.92 Å². The molecule has 0 aliphatic carbocycles. The first-order valence-electron chi connectivity index (χ1n) is 6.71. The molecule has 0 spiro atoms. The normalized spacial score (nSPS) is 16.1. The number of carbonyl (C=O) groups is 2. The molecule has 1 atom stereocenters. The van der Waals surface area contributed by atoms with E-state index < -0.39 is 5.82 Å². The lowest BCUT2D eigenvalue weighted by atomic mass is 10.1. The lowest BCUT2D eigenvalue weighted by Gasteiger charge is -2.22. The fourth-order valence-electron chi connectivity index (χ4n) is 2.31. The van der Waals surface area contributed by atoms with Gasteiger partial charge in [0.2, 0.25) is 5.91 Å². The fourth-order valence-corrected chi connectivity index (χ4v) is 2.81. The van der Waals surface area contributed by atoms with Gasteiger partial charge < -0.3 is 16.0 Å². The first-order valence-corrected chi connectivity index (χ1v) is 7.51. The zero-order valence-corrected chi connectivity index (χ0v) is 13.2. The molecule has 1 aliphatic heterocycles. The highest BCUT2D eigenvalue weighted by Gasteiger charge is 2.23. The number of nitrogens with two attached hydrogens (primary N) is 1. The molecule has 7 heteroatoms. The van der Waals surface area contributed by atoms with Gasteiger partial charge >= 0.3 is 0 Å². The van der Waals surface area contributed by atoms with Crippen LogP contribution in [0.15, 0.2) is 16.6 Å². The van der Waals surface area contributed by atoms with Crippen LogP contribution in [0.3, 0.4) is 0 Å². The number of anilines is 1. The number of nitrogen functional groups attached to an aromatic ring is 1. The van der Waals surface area contributed by atoms with Crippen molar-refractivity contribution in [1.29, 1.82) is 0 Å². The Morgan fingerprint density at radius 1 is 1.57 bits per heavy atom. The Morgan fingerprint density at radius 3 is 2.90 bits per heavy atom. The van der Waals surface area contributed by atoms with Gasteiger partial charge in [-0.2, -0.15) is 0 Å². The molecule has 114 valence electrons. The van der Waals surface area contributed by atoms with Crippen LogP contribution < -0.4 is 11.1 Å². The molecule has 0 radical (unpaired) electrons. The number of amides is 2. The third-order valence-corrected chi connectivity index (χ3v) is 4.03. The molecule has 21 heavy (non-hydrogen) atoms. The van der Waals surface area contributed by atoms with Crippen molar-refractivity contribution in [3.63, 3.8) is 0 Å². The van der Waals surface area contributed by atoms with Gasteiger partial charge in [-0.3, -0.25) is 9.59 Å². The second-order valence-corrected chi connectivity index (χ2v) is 6.03. The molecule has 1 fully saturated rings. The summed E-state index contributed by atoms with van der Waals surface area (Å²) in [5, 5.41) is 2.79. The van der Waals surface area contributed by atoms with Gasteiger partial charge in [0.25, 0.3) is 5.91 Å². The molecular weight excluding hydrogens is 341 g/mol. The monoisotopic (exact) mass is 357 g/mol. The number of hydrogen-bond donors (Lipinski definition) is 2. The molecule has 2 rings (SSSR count). The van der Waals surface area contributed by atoms with Crippen LogP contribution in [0.2, 0.25) is 0 Å². The second-order valence-electron chi connectivity index (χ2n) is 5.17. The smallest absolute Gasteiger partial charge is 0.252 e. The lowest BCUT2D eigenvalue weighted by Crippen LogP contribution is -2.42. The number of nitrogens with one attached hydrogen (secondary N) is 1. The van der Waals surface area contributed by atoms with E-state index in [9.17, 15) is 14.0 Å². The van der Waals surface area contributed by atoms with E-state index in [2.05, 4.69) is 21.2 Å². The van der Waals surface area contributed by atoms with Gasteiger partial charge in [-0.25, -0.2) is 4.39 Å². The summed E-state index contributed by atoms with van der Waals surface area (Å²) in [5.74, 6) is -0.815. The topological polar surface area (TPSA) is 75.4 Å². The summed E-state index contributed by atoms with van der Waals surface area (Å²) in [5.41, 5.74) is 5.67. The highest BCUT2D eigenvalue weighted by molar-refractivity contribution is 9.10. The number of rotatable bonds is 4. The lowest BCUT2D eigenvalue weighted by molar-refractivity contribution is -0.127. The van der Waals surface area contributed by atoms with Crippen LogP contribution >= 0.6 is 15.9 Å². The molecule has 2 amide bonds. The summed E-state index contributed by atoms with van der Waals surface area (Å²) in [7, 11) is 0. The molecule has 1 saturated heterocycles. The minimum absolute atomic E-state index is 0.0780.